The highest BCUT2D eigenvalue weighted by Crippen LogP contribution is 2.15. The molecule has 0 fully saturated rings. The first-order valence-electron chi connectivity index (χ1n) is 4.55. The molecule has 0 unspecified atom stereocenters. The number of benzene rings is 1. The Labute approximate surface area is 93.1 Å². The zero-order valence-corrected chi connectivity index (χ0v) is 9.44. The van der Waals surface area contributed by atoms with E-state index in [1.807, 2.05) is 0 Å². The first kappa shape index (κ1) is 12.6. The number of rotatable bonds is 5. The van der Waals surface area contributed by atoms with Gasteiger partial charge in [-0.15, -0.1) is 0 Å². The van der Waals surface area contributed by atoms with E-state index < -0.39 is 15.0 Å². The van der Waals surface area contributed by atoms with E-state index in [9.17, 15) is 18.5 Å². The molecule has 1 aromatic rings. The fourth-order valence-electron chi connectivity index (χ4n) is 1.19. The van der Waals surface area contributed by atoms with Gasteiger partial charge in [0, 0.05) is 12.1 Å². The summed E-state index contributed by atoms with van der Waals surface area (Å²) in [6.45, 7) is 1.61. The summed E-state index contributed by atoms with van der Waals surface area (Å²) >= 11 is 0. The van der Waals surface area contributed by atoms with Crippen LogP contribution in [0.15, 0.2) is 24.3 Å². The molecular weight excluding hydrogens is 234 g/mol. The van der Waals surface area contributed by atoms with Crippen LogP contribution in [-0.2, 0) is 20.1 Å². The van der Waals surface area contributed by atoms with Gasteiger partial charge in [0.15, 0.2) is 0 Å². The van der Waals surface area contributed by atoms with Crippen LogP contribution < -0.4 is 0 Å². The van der Waals surface area contributed by atoms with Gasteiger partial charge in [0.1, 0.15) is 5.75 Å². The Hall–Kier alpha value is -1.47. The Morgan fingerprint density at radius 2 is 2.12 bits per heavy atom. The number of non-ortho nitro benzene ring substituents is 1. The van der Waals surface area contributed by atoms with Crippen molar-refractivity contribution in [3.8, 4) is 0 Å². The van der Waals surface area contributed by atoms with E-state index in [0.29, 0.717) is 5.56 Å². The Balaban J connectivity index is 2.90. The molecule has 0 bridgehead atoms. The normalized spacial score (nSPS) is 11.3. The highest BCUT2D eigenvalue weighted by Gasteiger charge is 2.14. The Bertz CT molecular complexity index is 482. The zero-order chi connectivity index (χ0) is 12.2. The summed E-state index contributed by atoms with van der Waals surface area (Å²) in [5, 5.41) is 10.5. The molecule has 0 saturated carbocycles. The van der Waals surface area contributed by atoms with Crippen LogP contribution in [0.5, 0.6) is 0 Å². The molecule has 0 atom stereocenters. The van der Waals surface area contributed by atoms with Crippen LogP contribution in [0.25, 0.3) is 0 Å². The third-order valence-corrected chi connectivity index (χ3v) is 3.04. The molecule has 0 N–H and O–H groups in total. The van der Waals surface area contributed by atoms with Crippen molar-refractivity contribution in [1.82, 2.24) is 0 Å². The molecule has 0 spiro atoms. The van der Waals surface area contributed by atoms with Crippen LogP contribution >= 0.6 is 0 Å². The monoisotopic (exact) mass is 245 g/mol. The first-order valence-corrected chi connectivity index (χ1v) is 6.13. The molecular formula is C9H11NO5S. The van der Waals surface area contributed by atoms with E-state index in [-0.39, 0.29) is 18.0 Å². The lowest BCUT2D eigenvalue weighted by molar-refractivity contribution is -0.384. The van der Waals surface area contributed by atoms with Crippen molar-refractivity contribution in [2.75, 3.05) is 6.61 Å². The molecule has 0 aliphatic heterocycles. The van der Waals surface area contributed by atoms with E-state index >= 15 is 0 Å². The molecule has 0 aliphatic rings. The van der Waals surface area contributed by atoms with E-state index in [4.69, 9.17) is 0 Å². The van der Waals surface area contributed by atoms with Gasteiger partial charge in [0.05, 0.1) is 11.5 Å². The molecule has 0 heterocycles. The van der Waals surface area contributed by atoms with E-state index in [1.165, 1.54) is 24.3 Å². The molecule has 0 radical (unpaired) electrons. The second-order valence-corrected chi connectivity index (χ2v) is 4.68. The molecule has 0 amide bonds. The third kappa shape index (κ3) is 3.59. The highest BCUT2D eigenvalue weighted by atomic mass is 32.2. The molecule has 0 aliphatic carbocycles. The van der Waals surface area contributed by atoms with Crippen molar-refractivity contribution in [2.24, 2.45) is 0 Å². The standard InChI is InChI=1S/C9H11NO5S/c1-2-15-16(13,14)7-8-4-3-5-9(6-8)10(11)12/h3-6H,2,7H2,1H3. The van der Waals surface area contributed by atoms with Crippen molar-refractivity contribution in [3.63, 3.8) is 0 Å². The minimum absolute atomic E-state index is 0.0528. The van der Waals surface area contributed by atoms with Gasteiger partial charge in [0.2, 0.25) is 0 Å². The van der Waals surface area contributed by atoms with Crippen LogP contribution in [0.1, 0.15) is 12.5 Å². The smallest absolute Gasteiger partial charge is 0.270 e. The summed E-state index contributed by atoms with van der Waals surface area (Å²) < 4.78 is 27.1. The van der Waals surface area contributed by atoms with Gasteiger partial charge in [-0.1, -0.05) is 12.1 Å². The molecule has 1 rings (SSSR count). The summed E-state index contributed by atoms with van der Waals surface area (Å²) in [6, 6.07) is 5.46. The van der Waals surface area contributed by atoms with Crippen molar-refractivity contribution in [2.45, 2.75) is 12.7 Å². The third-order valence-electron chi connectivity index (χ3n) is 1.76. The average molecular weight is 245 g/mol. The Morgan fingerprint density at radius 3 is 2.69 bits per heavy atom. The molecule has 0 saturated heterocycles. The second kappa shape index (κ2) is 5.04. The predicted molar refractivity (Wildman–Crippen MR) is 57.3 cm³/mol. The highest BCUT2D eigenvalue weighted by molar-refractivity contribution is 7.85. The molecule has 16 heavy (non-hydrogen) atoms. The van der Waals surface area contributed by atoms with Crippen LogP contribution in [0, 0.1) is 10.1 Å². The van der Waals surface area contributed by atoms with E-state index in [2.05, 4.69) is 4.18 Å². The SMILES string of the molecule is CCOS(=O)(=O)Cc1cccc([N+](=O)[O-])c1. The van der Waals surface area contributed by atoms with Gasteiger partial charge >= 0.3 is 0 Å². The van der Waals surface area contributed by atoms with Crippen molar-refractivity contribution < 1.29 is 17.5 Å². The lowest BCUT2D eigenvalue weighted by Gasteiger charge is -2.03. The summed E-state index contributed by atoms with van der Waals surface area (Å²) in [5.41, 5.74) is 0.201. The maximum Gasteiger partial charge on any atom is 0.271 e. The van der Waals surface area contributed by atoms with Crippen molar-refractivity contribution in [3.05, 3.63) is 39.9 Å². The lowest BCUT2D eigenvalue weighted by Crippen LogP contribution is -2.08. The van der Waals surface area contributed by atoms with Gasteiger partial charge in [-0.25, -0.2) is 0 Å². The number of nitrogens with zero attached hydrogens (tertiary/aromatic N) is 1. The Kier molecular flexibility index (Phi) is 3.97. The van der Waals surface area contributed by atoms with Gasteiger partial charge in [-0.3, -0.25) is 14.3 Å². The second-order valence-electron chi connectivity index (χ2n) is 3.04. The quantitative estimate of drug-likeness (QED) is 0.445. The van der Waals surface area contributed by atoms with E-state index in [1.54, 1.807) is 6.92 Å². The maximum absolute atomic E-state index is 11.3. The van der Waals surface area contributed by atoms with Crippen LogP contribution in [0.3, 0.4) is 0 Å². The number of hydrogen-bond donors (Lipinski definition) is 0. The number of nitro benzene ring substituents is 1. The first-order chi connectivity index (χ1) is 7.44. The van der Waals surface area contributed by atoms with Crippen molar-refractivity contribution >= 4 is 15.8 Å². The molecule has 1 aromatic carbocycles. The van der Waals surface area contributed by atoms with Gasteiger partial charge in [-0.05, 0) is 12.5 Å². The molecule has 6 nitrogen and oxygen atoms in total. The largest absolute Gasteiger partial charge is 0.271 e. The van der Waals surface area contributed by atoms with Gasteiger partial charge in [0.25, 0.3) is 15.8 Å². The summed E-state index contributed by atoms with van der Waals surface area (Å²) in [5.74, 6) is -0.359. The summed E-state index contributed by atoms with van der Waals surface area (Å²) in [6.07, 6.45) is 0. The summed E-state index contributed by atoms with van der Waals surface area (Å²) in [4.78, 5) is 9.90. The van der Waals surface area contributed by atoms with Crippen LogP contribution in [0.4, 0.5) is 5.69 Å². The van der Waals surface area contributed by atoms with Crippen LogP contribution in [0.2, 0.25) is 0 Å². The molecule has 7 heteroatoms. The fourth-order valence-corrected chi connectivity index (χ4v) is 2.22. The maximum atomic E-state index is 11.3. The van der Waals surface area contributed by atoms with Gasteiger partial charge in [-0.2, -0.15) is 8.42 Å². The molecule has 0 aromatic heterocycles. The van der Waals surface area contributed by atoms with E-state index in [0.717, 1.165) is 0 Å². The minimum Gasteiger partial charge on any atom is -0.270 e. The number of nitro groups is 1. The van der Waals surface area contributed by atoms with Crippen LogP contribution in [-0.4, -0.2) is 19.9 Å². The summed E-state index contributed by atoms with van der Waals surface area (Å²) in [7, 11) is -3.65. The minimum atomic E-state index is -3.65. The lowest BCUT2D eigenvalue weighted by atomic mass is 10.2. The Morgan fingerprint density at radius 1 is 1.44 bits per heavy atom. The topological polar surface area (TPSA) is 86.5 Å². The number of hydrogen-bond acceptors (Lipinski definition) is 5. The van der Waals surface area contributed by atoms with Gasteiger partial charge < -0.3 is 0 Å². The average Bonchev–Trinajstić information content (AvgIpc) is 2.17. The van der Waals surface area contributed by atoms with Crippen molar-refractivity contribution in [1.29, 1.82) is 0 Å². The zero-order valence-electron chi connectivity index (χ0n) is 8.62. The predicted octanol–water partition coefficient (Wildman–Crippen LogP) is 1.46. The fraction of sp³-hybridized carbons (Fsp3) is 0.333. The molecule has 88 valence electrons.